The van der Waals surface area contributed by atoms with Crippen molar-refractivity contribution in [2.24, 2.45) is 0 Å². The van der Waals surface area contributed by atoms with E-state index < -0.39 is 15.9 Å². The molecule has 5 nitrogen and oxygen atoms in total. The fourth-order valence-corrected chi connectivity index (χ4v) is 4.31. The third-order valence-corrected chi connectivity index (χ3v) is 7.13. The van der Waals surface area contributed by atoms with Gasteiger partial charge in [-0.1, -0.05) is 54.4 Å². The Morgan fingerprint density at radius 1 is 1.13 bits per heavy atom. The van der Waals surface area contributed by atoms with Crippen molar-refractivity contribution >= 4 is 25.8 Å². The van der Waals surface area contributed by atoms with E-state index >= 15 is 0 Å². The molecule has 0 fully saturated rings. The van der Waals surface area contributed by atoms with Crippen molar-refractivity contribution in [3.05, 3.63) is 58.1 Å². The molecule has 7 heteroatoms. The molecule has 1 unspecified atom stereocenters. The molecule has 0 aliphatic rings. The average molecular weight is 498 g/mol. The molecule has 2 N–H and O–H groups in total. The first-order valence-corrected chi connectivity index (χ1v) is 12.9. The maximum absolute atomic E-state index is 12.0. The topological polar surface area (TPSA) is 75.6 Å². The fourth-order valence-electron chi connectivity index (χ4n) is 3.04. The van der Waals surface area contributed by atoms with Gasteiger partial charge in [0.15, 0.2) is 9.84 Å². The standard InChI is InChI=1S/C23H32BrNO4S/c1-3-5-14-29-23-16-20(24)12-11-18(23)9-7-13-25-17-22(26)19-8-6-10-21(15-19)30(27,28)4-2/h6,8,10-12,15-16,22,25-26H,3-5,7,9,13-14,17H2,1-2H3. The second kappa shape index (κ2) is 12.4. The molecule has 2 aromatic carbocycles. The SMILES string of the molecule is CCCCOc1cc(Br)ccc1CCCNCC(O)c1cccc(S(=O)(=O)CC)c1. The Morgan fingerprint density at radius 3 is 2.67 bits per heavy atom. The zero-order valence-electron chi connectivity index (χ0n) is 17.7. The van der Waals surface area contributed by atoms with Crippen LogP contribution in [0.15, 0.2) is 51.8 Å². The number of aryl methyl sites for hydroxylation is 1. The minimum Gasteiger partial charge on any atom is -0.493 e. The number of aliphatic hydroxyl groups excluding tert-OH is 1. The Labute approximate surface area is 188 Å². The molecule has 0 heterocycles. The van der Waals surface area contributed by atoms with Crippen molar-refractivity contribution in [1.29, 1.82) is 0 Å². The van der Waals surface area contributed by atoms with Crippen LogP contribution in [0.2, 0.25) is 0 Å². The molecule has 1 atom stereocenters. The normalized spacial score (nSPS) is 12.7. The Balaban J connectivity index is 1.83. The highest BCUT2D eigenvalue weighted by Gasteiger charge is 2.14. The highest BCUT2D eigenvalue weighted by atomic mass is 79.9. The zero-order chi connectivity index (χ0) is 22.0. The number of sulfone groups is 1. The number of aliphatic hydroxyl groups is 1. The summed E-state index contributed by atoms with van der Waals surface area (Å²) >= 11 is 3.50. The molecule has 0 aliphatic heterocycles. The van der Waals surface area contributed by atoms with Crippen LogP contribution in [0.1, 0.15) is 50.3 Å². The van der Waals surface area contributed by atoms with Gasteiger partial charge in [-0.25, -0.2) is 8.42 Å². The number of hydrogen-bond donors (Lipinski definition) is 2. The van der Waals surface area contributed by atoms with Gasteiger partial charge in [-0.2, -0.15) is 0 Å². The molecule has 0 bridgehead atoms. The first-order chi connectivity index (χ1) is 14.4. The van der Waals surface area contributed by atoms with Gasteiger partial charge < -0.3 is 15.2 Å². The highest BCUT2D eigenvalue weighted by Crippen LogP contribution is 2.25. The van der Waals surface area contributed by atoms with Gasteiger partial charge in [0.1, 0.15) is 5.75 Å². The minimum absolute atomic E-state index is 0.0466. The van der Waals surface area contributed by atoms with Crippen LogP contribution in [0, 0.1) is 0 Å². The predicted molar refractivity (Wildman–Crippen MR) is 125 cm³/mol. The average Bonchev–Trinajstić information content (AvgIpc) is 2.75. The summed E-state index contributed by atoms with van der Waals surface area (Å²) in [5.41, 5.74) is 1.78. The second-order valence-corrected chi connectivity index (χ2v) is 10.4. The molecule has 30 heavy (non-hydrogen) atoms. The minimum atomic E-state index is -3.28. The summed E-state index contributed by atoms with van der Waals surface area (Å²) in [7, 11) is -3.28. The van der Waals surface area contributed by atoms with E-state index in [1.54, 1.807) is 31.2 Å². The molecule has 0 aliphatic carbocycles. The number of halogens is 1. The number of ether oxygens (including phenoxy) is 1. The van der Waals surface area contributed by atoms with E-state index in [0.717, 1.165) is 49.1 Å². The van der Waals surface area contributed by atoms with Gasteiger partial charge in [0, 0.05) is 11.0 Å². The third kappa shape index (κ3) is 7.69. The van der Waals surface area contributed by atoms with Crippen molar-refractivity contribution < 1.29 is 18.3 Å². The molecule has 0 saturated heterocycles. The third-order valence-electron chi connectivity index (χ3n) is 4.90. The summed E-state index contributed by atoms with van der Waals surface area (Å²) < 4.78 is 31.0. The Hall–Kier alpha value is -1.41. The monoisotopic (exact) mass is 497 g/mol. The van der Waals surface area contributed by atoms with Gasteiger partial charge in [0.2, 0.25) is 0 Å². The predicted octanol–water partition coefficient (Wildman–Crippen LogP) is 4.68. The number of nitrogens with one attached hydrogen (secondary N) is 1. The quantitative estimate of drug-likeness (QED) is 0.393. The van der Waals surface area contributed by atoms with Gasteiger partial charge in [-0.05, 0) is 61.2 Å². The van der Waals surface area contributed by atoms with Crippen LogP contribution in [-0.2, 0) is 16.3 Å². The van der Waals surface area contributed by atoms with Crippen LogP contribution in [0.4, 0.5) is 0 Å². The zero-order valence-corrected chi connectivity index (χ0v) is 20.1. The van der Waals surface area contributed by atoms with Gasteiger partial charge in [0.25, 0.3) is 0 Å². The summed E-state index contributed by atoms with van der Waals surface area (Å²) in [6, 6.07) is 12.7. The lowest BCUT2D eigenvalue weighted by molar-refractivity contribution is 0.174. The molecular formula is C23H32BrNO4S. The second-order valence-electron chi connectivity index (χ2n) is 7.25. The van der Waals surface area contributed by atoms with E-state index in [-0.39, 0.29) is 10.6 Å². The lowest BCUT2D eigenvalue weighted by Gasteiger charge is -2.14. The fraction of sp³-hybridized carbons (Fsp3) is 0.478. The Bertz CT molecular complexity index is 902. The first kappa shape index (κ1) is 24.9. The summed E-state index contributed by atoms with van der Waals surface area (Å²) in [5.74, 6) is 0.970. The van der Waals surface area contributed by atoms with E-state index in [4.69, 9.17) is 4.74 Å². The van der Waals surface area contributed by atoms with E-state index in [1.807, 2.05) is 12.1 Å². The molecular weight excluding hydrogens is 466 g/mol. The largest absolute Gasteiger partial charge is 0.493 e. The lowest BCUT2D eigenvalue weighted by Crippen LogP contribution is -2.23. The summed E-state index contributed by atoms with van der Waals surface area (Å²) in [5, 5.41) is 13.7. The van der Waals surface area contributed by atoms with E-state index in [2.05, 4.69) is 34.2 Å². The van der Waals surface area contributed by atoms with Crippen molar-refractivity contribution in [3.63, 3.8) is 0 Å². The van der Waals surface area contributed by atoms with Crippen LogP contribution in [0.5, 0.6) is 5.75 Å². The number of unbranched alkanes of at least 4 members (excludes halogenated alkanes) is 1. The van der Waals surface area contributed by atoms with Crippen LogP contribution >= 0.6 is 15.9 Å². The molecule has 2 rings (SSSR count). The van der Waals surface area contributed by atoms with Gasteiger partial charge in [-0.3, -0.25) is 0 Å². The van der Waals surface area contributed by atoms with Crippen molar-refractivity contribution in [2.75, 3.05) is 25.4 Å². The lowest BCUT2D eigenvalue weighted by atomic mass is 10.1. The van der Waals surface area contributed by atoms with Crippen LogP contribution in [0.3, 0.4) is 0 Å². The van der Waals surface area contributed by atoms with Crippen LogP contribution in [0.25, 0.3) is 0 Å². The number of hydrogen-bond acceptors (Lipinski definition) is 5. The maximum Gasteiger partial charge on any atom is 0.178 e. The maximum atomic E-state index is 12.0. The Kier molecular flexibility index (Phi) is 10.3. The molecule has 0 radical (unpaired) electrons. The summed E-state index contributed by atoms with van der Waals surface area (Å²) in [6.45, 7) is 5.59. The molecule has 166 valence electrons. The molecule has 2 aromatic rings. The van der Waals surface area contributed by atoms with Crippen molar-refractivity contribution in [1.82, 2.24) is 5.32 Å². The summed E-state index contributed by atoms with van der Waals surface area (Å²) in [6.07, 6.45) is 3.16. The highest BCUT2D eigenvalue weighted by molar-refractivity contribution is 9.10. The van der Waals surface area contributed by atoms with Gasteiger partial charge in [0.05, 0.1) is 23.4 Å². The van der Waals surface area contributed by atoms with E-state index in [9.17, 15) is 13.5 Å². The van der Waals surface area contributed by atoms with E-state index in [1.165, 1.54) is 5.56 Å². The molecule has 0 saturated carbocycles. The molecule has 0 spiro atoms. The number of benzene rings is 2. The van der Waals surface area contributed by atoms with Gasteiger partial charge >= 0.3 is 0 Å². The summed E-state index contributed by atoms with van der Waals surface area (Å²) in [4.78, 5) is 0.257. The smallest absolute Gasteiger partial charge is 0.178 e. The van der Waals surface area contributed by atoms with E-state index in [0.29, 0.717) is 12.1 Å². The number of rotatable bonds is 13. The Morgan fingerprint density at radius 2 is 1.93 bits per heavy atom. The van der Waals surface area contributed by atoms with Gasteiger partial charge in [-0.15, -0.1) is 0 Å². The van der Waals surface area contributed by atoms with Crippen molar-refractivity contribution in [3.8, 4) is 5.75 Å². The van der Waals surface area contributed by atoms with Crippen LogP contribution < -0.4 is 10.1 Å². The van der Waals surface area contributed by atoms with Crippen molar-refractivity contribution in [2.45, 2.75) is 50.5 Å². The first-order valence-electron chi connectivity index (χ1n) is 10.5. The molecule has 0 aromatic heterocycles. The van der Waals surface area contributed by atoms with Crippen LogP contribution in [-0.4, -0.2) is 39.0 Å². The molecule has 0 amide bonds.